The number of aliphatic hydroxyl groups is 2. The highest BCUT2D eigenvalue weighted by Gasteiger charge is 2.54. The third-order valence-corrected chi connectivity index (χ3v) is 8.72. The largest absolute Gasteiger partial charge is 0.479 e. The van der Waals surface area contributed by atoms with Crippen LogP contribution in [-0.4, -0.2) is 98.5 Å². The van der Waals surface area contributed by atoms with Gasteiger partial charge in [0, 0.05) is 0 Å². The summed E-state index contributed by atoms with van der Waals surface area (Å²) in [5.41, 5.74) is 3.68. The first-order valence-electron chi connectivity index (χ1n) is 14.8. The highest BCUT2D eigenvalue weighted by Crippen LogP contribution is 2.44. The minimum atomic E-state index is -4.27. The summed E-state index contributed by atoms with van der Waals surface area (Å²) in [5.74, 6) is -1.42. The molecule has 2 aromatic heterocycles. The Hall–Kier alpha value is -2.92. The van der Waals surface area contributed by atoms with Gasteiger partial charge in [0.1, 0.15) is 29.9 Å². The number of hydrogen-bond donors (Lipinski definition) is 5. The molecule has 1 fully saturated rings. The maximum Gasteiger partial charge on any atom is 0.342 e. The Balaban J connectivity index is 1.83. The predicted molar refractivity (Wildman–Crippen MR) is 166 cm³/mol. The molecule has 1 aliphatic heterocycles. The van der Waals surface area contributed by atoms with E-state index in [1.807, 2.05) is 41.5 Å². The number of ether oxygens (including phenoxy) is 4. The number of aliphatic hydroxyl groups excluding tert-OH is 1. The van der Waals surface area contributed by atoms with E-state index in [0.717, 1.165) is 0 Å². The molecular formula is C28H48N7O10P. The van der Waals surface area contributed by atoms with Crippen molar-refractivity contribution < 1.29 is 47.8 Å². The maximum absolute atomic E-state index is 14.1. The molecule has 46 heavy (non-hydrogen) atoms. The molecule has 0 amide bonds. The van der Waals surface area contributed by atoms with Crippen molar-refractivity contribution in [1.82, 2.24) is 29.7 Å². The minimum absolute atomic E-state index is 0.0997. The van der Waals surface area contributed by atoms with Gasteiger partial charge in [0.15, 0.2) is 17.4 Å². The van der Waals surface area contributed by atoms with Gasteiger partial charge in [-0.25, -0.2) is 15.2 Å². The summed E-state index contributed by atoms with van der Waals surface area (Å²) in [5, 5.41) is 27.6. The van der Waals surface area contributed by atoms with E-state index in [0.29, 0.717) is 0 Å². The third-order valence-electron chi connectivity index (χ3n) is 6.76. The number of esters is 2. The zero-order chi connectivity index (χ0) is 34.8. The van der Waals surface area contributed by atoms with Crippen LogP contribution in [0.3, 0.4) is 0 Å². The van der Waals surface area contributed by atoms with Crippen molar-refractivity contribution in [2.45, 2.75) is 98.4 Å². The Kier molecular flexibility index (Phi) is 11.5. The topological polar surface area (TPSA) is 231 Å². The van der Waals surface area contributed by atoms with Gasteiger partial charge < -0.3 is 39.4 Å². The molecule has 0 aromatic carbocycles. The lowest BCUT2D eigenvalue weighted by Gasteiger charge is -2.28. The van der Waals surface area contributed by atoms with Gasteiger partial charge in [0.05, 0.1) is 33.3 Å². The van der Waals surface area contributed by atoms with Gasteiger partial charge in [-0.15, -0.1) is 0 Å². The van der Waals surface area contributed by atoms with Crippen LogP contribution < -0.4 is 20.6 Å². The lowest BCUT2D eigenvalue weighted by atomic mass is 9.96. The second-order valence-electron chi connectivity index (χ2n) is 14.0. The fourth-order valence-corrected chi connectivity index (χ4v) is 6.14. The highest BCUT2D eigenvalue weighted by atomic mass is 31.2. The number of nitrogen functional groups attached to an aromatic ring is 1. The number of carbonyl (C=O) groups excluding carboxylic acids is 2. The second kappa shape index (κ2) is 14.1. The van der Waals surface area contributed by atoms with Crippen molar-refractivity contribution in [1.29, 1.82) is 0 Å². The van der Waals surface area contributed by atoms with Crippen LogP contribution in [0.4, 0.5) is 5.95 Å². The molecule has 6 atom stereocenters. The summed E-state index contributed by atoms with van der Waals surface area (Å²) in [6.45, 7) is 15.2. The highest BCUT2D eigenvalue weighted by molar-refractivity contribution is 7.54. The van der Waals surface area contributed by atoms with E-state index >= 15 is 0 Å². The number of fused-ring (bicyclic) bond motifs is 1. The van der Waals surface area contributed by atoms with Crippen molar-refractivity contribution in [2.24, 2.45) is 10.8 Å². The summed E-state index contributed by atoms with van der Waals surface area (Å²) >= 11 is 0. The van der Waals surface area contributed by atoms with Gasteiger partial charge in [-0.05, 0) is 31.6 Å². The number of carbonyl (C=O) groups is 2. The quantitative estimate of drug-likeness (QED) is 0.150. The molecule has 3 rings (SSSR count). The molecule has 1 saturated heterocycles. The van der Waals surface area contributed by atoms with Crippen LogP contribution in [-0.2, 0) is 32.9 Å². The second-order valence-corrected chi connectivity index (χ2v) is 15.9. The zero-order valence-corrected chi connectivity index (χ0v) is 29.0. The van der Waals surface area contributed by atoms with Crippen molar-refractivity contribution in [3.8, 4) is 5.88 Å². The smallest absolute Gasteiger partial charge is 0.342 e. The van der Waals surface area contributed by atoms with Gasteiger partial charge in [0.2, 0.25) is 11.8 Å². The SMILES string of the molecule is COc1nc(N)nc2c1ncn2[C@@H]1O[C@H](COP(=O)(N[C@H](C)C(=O)OCC(C)(C)C)N[C@H](C)C(=O)OCC(C)(C)C)[C@@H](O)[C@@]1(C)O. The molecule has 0 unspecified atom stereocenters. The molecule has 260 valence electrons. The van der Waals surface area contributed by atoms with Gasteiger partial charge in [-0.3, -0.25) is 18.7 Å². The molecule has 1 aliphatic rings. The minimum Gasteiger partial charge on any atom is -0.479 e. The number of nitrogens with one attached hydrogen (secondary N) is 2. The van der Waals surface area contributed by atoms with Gasteiger partial charge in [-0.2, -0.15) is 9.97 Å². The Morgan fingerprint density at radius 1 is 1.09 bits per heavy atom. The first-order valence-corrected chi connectivity index (χ1v) is 16.4. The summed E-state index contributed by atoms with van der Waals surface area (Å²) in [6.07, 6.45) is -2.74. The number of hydrogen-bond acceptors (Lipinski definition) is 14. The van der Waals surface area contributed by atoms with Gasteiger partial charge in [-0.1, -0.05) is 41.5 Å². The first-order chi connectivity index (χ1) is 21.1. The maximum atomic E-state index is 14.1. The number of methoxy groups -OCH3 is 1. The van der Waals surface area contributed by atoms with Crippen molar-refractivity contribution in [3.05, 3.63) is 6.33 Å². The van der Waals surface area contributed by atoms with Gasteiger partial charge in [0.25, 0.3) is 0 Å². The fourth-order valence-electron chi connectivity index (χ4n) is 4.33. The van der Waals surface area contributed by atoms with E-state index in [-0.39, 0.29) is 47.0 Å². The molecule has 0 radical (unpaired) electrons. The first kappa shape index (κ1) is 37.5. The Morgan fingerprint density at radius 3 is 2.09 bits per heavy atom. The average Bonchev–Trinajstić information content (AvgIpc) is 3.44. The summed E-state index contributed by atoms with van der Waals surface area (Å²) in [4.78, 5) is 37.9. The number of nitrogens with two attached hydrogens (primary N) is 1. The Morgan fingerprint density at radius 2 is 1.61 bits per heavy atom. The lowest BCUT2D eigenvalue weighted by Crippen LogP contribution is -2.45. The Bertz CT molecular complexity index is 1400. The molecule has 0 bridgehead atoms. The van der Waals surface area contributed by atoms with Crippen LogP contribution in [0.2, 0.25) is 0 Å². The summed E-state index contributed by atoms with van der Waals surface area (Å²) in [7, 11) is -2.89. The van der Waals surface area contributed by atoms with E-state index in [4.69, 9.17) is 29.2 Å². The van der Waals surface area contributed by atoms with Crippen LogP contribution in [0.5, 0.6) is 5.88 Å². The van der Waals surface area contributed by atoms with Crippen LogP contribution >= 0.6 is 7.67 Å². The van der Waals surface area contributed by atoms with E-state index in [9.17, 15) is 24.4 Å². The molecule has 17 nitrogen and oxygen atoms in total. The molecule has 3 heterocycles. The average molecular weight is 674 g/mol. The fraction of sp³-hybridized carbons (Fsp3) is 0.750. The van der Waals surface area contributed by atoms with Crippen molar-refractivity contribution in [2.75, 3.05) is 32.7 Å². The van der Waals surface area contributed by atoms with Crippen LogP contribution in [0.25, 0.3) is 11.2 Å². The molecular weight excluding hydrogens is 625 g/mol. The molecule has 0 spiro atoms. The predicted octanol–water partition coefficient (Wildman–Crippen LogP) is 1.69. The van der Waals surface area contributed by atoms with Crippen molar-refractivity contribution in [3.63, 3.8) is 0 Å². The van der Waals surface area contributed by atoms with Gasteiger partial charge >= 0.3 is 19.6 Å². The number of nitrogens with zero attached hydrogens (tertiary/aromatic N) is 4. The van der Waals surface area contributed by atoms with Crippen LogP contribution in [0.15, 0.2) is 6.33 Å². The van der Waals surface area contributed by atoms with Crippen molar-refractivity contribution >= 4 is 36.7 Å². The molecule has 18 heteroatoms. The van der Waals surface area contributed by atoms with E-state index in [1.54, 1.807) is 0 Å². The monoisotopic (exact) mass is 673 g/mol. The van der Waals surface area contributed by atoms with E-state index < -0.39 is 62.3 Å². The molecule has 0 aliphatic carbocycles. The standard InChI is InChI=1S/C28H48N7O10P/c1-15(22(37)42-12-26(3,4)5)33-46(40,34-16(2)23(38)43-13-27(6,7)8)44-11-17-19(36)28(9,39)24(45-17)35-14-30-18-20(35)31-25(29)32-21(18)41-10/h14-17,19,24,36,39H,11-13H2,1-10H3,(H2,29,31,32)(H2,33,34,40)/t15-,16-,17-,19-,24-,28-/m1/s1. The number of anilines is 1. The van der Waals surface area contributed by atoms with Crippen LogP contribution in [0, 0.1) is 10.8 Å². The normalized spacial score (nSPS) is 23.7. The lowest BCUT2D eigenvalue weighted by molar-refractivity contribution is -0.148. The molecule has 6 N–H and O–H groups in total. The molecule has 0 saturated carbocycles. The molecule has 2 aromatic rings. The third kappa shape index (κ3) is 9.33. The zero-order valence-electron chi connectivity index (χ0n) is 28.1. The summed E-state index contributed by atoms with van der Waals surface area (Å²) < 4.78 is 43.2. The van der Waals surface area contributed by atoms with Crippen LogP contribution in [0.1, 0.15) is 68.5 Å². The Labute approximate surface area is 268 Å². The van der Waals surface area contributed by atoms with E-state index in [1.165, 1.54) is 38.8 Å². The number of imidazole rings is 1. The number of rotatable bonds is 13. The number of aromatic nitrogens is 4. The summed E-state index contributed by atoms with van der Waals surface area (Å²) in [6, 6.07) is -2.28. The van der Waals surface area contributed by atoms with E-state index in [2.05, 4.69) is 25.1 Å².